The molecule has 8 heteroatoms. The Hall–Kier alpha value is -1.55. The number of aliphatic hydroxyl groups is 3. The average Bonchev–Trinajstić information content (AvgIpc) is 3.18. The predicted molar refractivity (Wildman–Crippen MR) is 140 cm³/mol. The number of aliphatic hydroxyl groups excluding tert-OH is 2. The van der Waals surface area contributed by atoms with Gasteiger partial charge in [-0.2, -0.15) is 0 Å². The zero-order valence-corrected chi connectivity index (χ0v) is 22.7. The van der Waals surface area contributed by atoms with Crippen LogP contribution in [0.5, 0.6) is 0 Å². The lowest BCUT2D eigenvalue weighted by molar-refractivity contribution is -0.279. The van der Waals surface area contributed by atoms with Gasteiger partial charge in [-0.3, -0.25) is 0 Å². The van der Waals surface area contributed by atoms with Crippen molar-refractivity contribution in [1.29, 1.82) is 0 Å². The summed E-state index contributed by atoms with van der Waals surface area (Å²) in [6.45, 7) is 6.41. The van der Waals surface area contributed by atoms with Crippen molar-refractivity contribution in [2.75, 3.05) is 0 Å². The lowest BCUT2D eigenvalue weighted by Gasteiger charge is -2.62. The summed E-state index contributed by atoms with van der Waals surface area (Å²) in [6, 6.07) is 2.73. The van der Waals surface area contributed by atoms with Crippen LogP contribution in [-0.2, 0) is 9.47 Å². The second-order valence-electron chi connectivity index (χ2n) is 13.2. The highest BCUT2D eigenvalue weighted by molar-refractivity contribution is 5.31. The van der Waals surface area contributed by atoms with Crippen LogP contribution in [0.3, 0.4) is 0 Å². The lowest BCUT2D eigenvalue weighted by Crippen LogP contribution is -2.61. The molecule has 0 radical (unpaired) electrons. The van der Waals surface area contributed by atoms with Gasteiger partial charge < -0.3 is 34.9 Å². The zero-order chi connectivity index (χ0) is 27.0. The van der Waals surface area contributed by atoms with Gasteiger partial charge in [0.15, 0.2) is 6.29 Å². The first-order chi connectivity index (χ1) is 18.0. The molecule has 1 aromatic rings. The maximum Gasteiger partial charge on any atom is 0.335 e. The van der Waals surface area contributed by atoms with Crippen LogP contribution in [0.4, 0.5) is 0 Å². The number of fused-ring (bicyclic) bond motifs is 5. The first kappa shape index (κ1) is 26.7. The number of allylic oxidation sites excluding steroid dienone is 1. The highest BCUT2D eigenvalue weighted by Gasteiger charge is 2.66. The largest absolute Gasteiger partial charge is 0.431 e. The average molecular weight is 530 g/mol. The van der Waals surface area contributed by atoms with Crippen LogP contribution in [0.1, 0.15) is 83.6 Å². The fraction of sp³-hybridized carbons (Fsp3) is 0.767. The minimum absolute atomic E-state index is 0.00133. The molecule has 0 spiro atoms. The van der Waals surface area contributed by atoms with E-state index in [4.69, 9.17) is 19.6 Å². The summed E-state index contributed by atoms with van der Waals surface area (Å²) < 4.78 is 17.2. The van der Waals surface area contributed by atoms with Crippen LogP contribution in [0.15, 0.2) is 39.3 Å². The maximum absolute atomic E-state index is 12.4. The summed E-state index contributed by atoms with van der Waals surface area (Å²) in [5.74, 6) is 0.799. The van der Waals surface area contributed by atoms with Gasteiger partial charge in [0.25, 0.3) is 0 Å². The Bertz CT molecular complexity index is 1130. The number of hydrogen-bond acceptors (Lipinski definition) is 8. The van der Waals surface area contributed by atoms with E-state index in [0.717, 1.165) is 56.9 Å². The topological polar surface area (TPSA) is 135 Å². The molecule has 4 fully saturated rings. The van der Waals surface area contributed by atoms with Crippen LogP contribution in [0.25, 0.3) is 0 Å². The fourth-order valence-corrected chi connectivity index (χ4v) is 9.21. The third-order valence-electron chi connectivity index (χ3n) is 11.6. The molecule has 38 heavy (non-hydrogen) atoms. The van der Waals surface area contributed by atoms with Crippen molar-refractivity contribution in [3.05, 3.63) is 46.0 Å². The first-order valence-corrected chi connectivity index (χ1v) is 14.4. The zero-order valence-electron chi connectivity index (χ0n) is 22.7. The lowest BCUT2D eigenvalue weighted by atomic mass is 9.45. The molecule has 6 rings (SSSR count). The molecule has 1 saturated heterocycles. The van der Waals surface area contributed by atoms with Crippen molar-refractivity contribution in [1.82, 2.24) is 0 Å². The number of ether oxygens (including phenoxy) is 2. The van der Waals surface area contributed by atoms with E-state index in [1.54, 1.807) is 13.2 Å². The van der Waals surface area contributed by atoms with Crippen LogP contribution in [0.2, 0.25) is 0 Å². The maximum atomic E-state index is 12.4. The Morgan fingerprint density at radius 3 is 2.55 bits per heavy atom. The van der Waals surface area contributed by atoms with Crippen molar-refractivity contribution in [2.45, 2.75) is 120 Å². The summed E-state index contributed by atoms with van der Waals surface area (Å²) in [7, 11) is 0. The van der Waals surface area contributed by atoms with Crippen molar-refractivity contribution >= 4 is 0 Å². The van der Waals surface area contributed by atoms with Crippen molar-refractivity contribution in [3.63, 3.8) is 0 Å². The minimum Gasteiger partial charge on any atom is -0.431 e. The van der Waals surface area contributed by atoms with E-state index in [-0.39, 0.29) is 34.4 Å². The smallest absolute Gasteiger partial charge is 0.335 e. The molecular formula is C30H43NO7. The molecule has 2 heterocycles. The second kappa shape index (κ2) is 9.25. The van der Waals surface area contributed by atoms with E-state index in [0.29, 0.717) is 5.92 Å². The third-order valence-corrected chi connectivity index (χ3v) is 11.6. The molecule has 12 atom stereocenters. The standard InChI is InChI=1S/C30H43NO7/c1-16-24(31)25(33)26(34)27(37-16)38-19-8-11-28(2)18(14-19)5-6-22-21(28)9-12-29(3)20(10-13-30(22,29)35)17-4-7-23(32)36-15-17/h4,7,14-16,19-22,24-27,33-35H,5-6,8-13,31H2,1-3H3/t16-,19-,20?,21?,22?,24-,25?,26+,27-,28-,29+,30-/m0/s1. The van der Waals surface area contributed by atoms with Gasteiger partial charge in [-0.15, -0.1) is 0 Å². The summed E-state index contributed by atoms with van der Waals surface area (Å²) in [4.78, 5) is 11.5. The Balaban J connectivity index is 1.21. The van der Waals surface area contributed by atoms with Gasteiger partial charge in [-0.05, 0) is 93.1 Å². The van der Waals surface area contributed by atoms with Crippen LogP contribution >= 0.6 is 0 Å². The predicted octanol–water partition coefficient (Wildman–Crippen LogP) is 2.98. The van der Waals surface area contributed by atoms with Crippen LogP contribution in [0, 0.1) is 22.7 Å². The van der Waals surface area contributed by atoms with Gasteiger partial charge in [0.1, 0.15) is 12.2 Å². The van der Waals surface area contributed by atoms with E-state index in [1.165, 1.54) is 11.6 Å². The van der Waals surface area contributed by atoms with Gasteiger partial charge in [-0.25, -0.2) is 4.79 Å². The normalized spacial score (nSPS) is 50.5. The Labute approximate surface area is 224 Å². The Morgan fingerprint density at radius 1 is 1.03 bits per heavy atom. The number of rotatable bonds is 3. The fourth-order valence-electron chi connectivity index (χ4n) is 9.21. The van der Waals surface area contributed by atoms with E-state index in [1.807, 2.05) is 6.07 Å². The molecule has 0 amide bonds. The molecule has 1 aromatic heterocycles. The van der Waals surface area contributed by atoms with Gasteiger partial charge in [0.2, 0.25) is 0 Å². The van der Waals surface area contributed by atoms with Crippen molar-refractivity contribution < 1.29 is 29.2 Å². The number of hydrogen-bond donors (Lipinski definition) is 4. The summed E-state index contributed by atoms with van der Waals surface area (Å²) >= 11 is 0. The second-order valence-corrected chi connectivity index (χ2v) is 13.2. The van der Waals surface area contributed by atoms with E-state index < -0.39 is 36.2 Å². The minimum atomic E-state index is -1.18. The Morgan fingerprint density at radius 2 is 1.82 bits per heavy atom. The molecule has 8 nitrogen and oxygen atoms in total. The summed E-state index contributed by atoms with van der Waals surface area (Å²) in [5, 5.41) is 33.2. The van der Waals surface area contributed by atoms with E-state index in [9.17, 15) is 20.1 Å². The van der Waals surface area contributed by atoms with E-state index in [2.05, 4.69) is 19.9 Å². The molecule has 0 bridgehead atoms. The summed E-state index contributed by atoms with van der Waals surface area (Å²) in [6.07, 6.45) is 7.33. The molecule has 0 aromatic carbocycles. The van der Waals surface area contributed by atoms with Gasteiger partial charge >= 0.3 is 5.63 Å². The van der Waals surface area contributed by atoms with Gasteiger partial charge in [0.05, 0.1) is 30.1 Å². The molecule has 1 aliphatic heterocycles. The van der Waals surface area contributed by atoms with Gasteiger partial charge in [0, 0.05) is 11.5 Å². The Kier molecular flexibility index (Phi) is 6.49. The monoisotopic (exact) mass is 529 g/mol. The third kappa shape index (κ3) is 3.82. The molecule has 4 unspecified atom stereocenters. The number of nitrogens with two attached hydrogens (primary N) is 1. The SMILES string of the molecule is C[C@@H]1O[C@@H](O[C@@H]2C=C3CCC4C(CC[C@]5(C)C(c6ccc(=O)oc6)CC[C@]45O)[C@@]3(C)CC2)[C@H](O)C(O)[C@H]1N. The molecule has 5 aliphatic rings. The highest BCUT2D eigenvalue weighted by atomic mass is 16.7. The quantitative estimate of drug-likeness (QED) is 0.439. The van der Waals surface area contributed by atoms with Crippen molar-refractivity contribution in [3.8, 4) is 0 Å². The molecule has 3 saturated carbocycles. The molecule has 4 aliphatic carbocycles. The van der Waals surface area contributed by atoms with Crippen LogP contribution in [-0.4, -0.2) is 57.7 Å². The molecule has 210 valence electrons. The van der Waals surface area contributed by atoms with Crippen LogP contribution < -0.4 is 11.4 Å². The highest BCUT2D eigenvalue weighted by Crippen LogP contribution is 2.70. The summed E-state index contributed by atoms with van der Waals surface area (Å²) in [5.41, 5.74) is 7.01. The molecule has 5 N–H and O–H groups in total. The van der Waals surface area contributed by atoms with E-state index >= 15 is 0 Å². The van der Waals surface area contributed by atoms with Crippen molar-refractivity contribution in [2.24, 2.45) is 28.4 Å². The first-order valence-electron chi connectivity index (χ1n) is 14.4. The van der Waals surface area contributed by atoms with Gasteiger partial charge in [-0.1, -0.05) is 25.5 Å². The molecular weight excluding hydrogens is 486 g/mol.